The zero-order chi connectivity index (χ0) is 13.9. The van der Waals surface area contributed by atoms with Crippen molar-refractivity contribution in [3.63, 3.8) is 0 Å². The van der Waals surface area contributed by atoms with Gasteiger partial charge in [-0.25, -0.2) is 15.8 Å². The summed E-state index contributed by atoms with van der Waals surface area (Å²) in [6.45, 7) is 2.07. The fourth-order valence-electron chi connectivity index (χ4n) is 2.43. The molecule has 5 nitrogen and oxygen atoms in total. The summed E-state index contributed by atoms with van der Waals surface area (Å²) < 4.78 is 5.84. The molecule has 0 aliphatic carbocycles. The summed E-state index contributed by atoms with van der Waals surface area (Å²) in [6, 6.07) is 11.8. The number of hydrogen-bond acceptors (Lipinski definition) is 5. The lowest BCUT2D eigenvalue weighted by molar-refractivity contribution is 0.0504. The Labute approximate surface area is 118 Å². The van der Waals surface area contributed by atoms with Crippen molar-refractivity contribution in [1.29, 1.82) is 0 Å². The van der Waals surface area contributed by atoms with Crippen molar-refractivity contribution >= 4 is 5.82 Å². The first-order valence-electron chi connectivity index (χ1n) is 6.83. The monoisotopic (exact) mass is 270 g/mol. The van der Waals surface area contributed by atoms with Gasteiger partial charge < -0.3 is 10.2 Å². The molecular formula is C15H18N4O. The van der Waals surface area contributed by atoms with Crippen LogP contribution in [0.25, 0.3) is 11.3 Å². The van der Waals surface area contributed by atoms with Crippen molar-refractivity contribution in [2.75, 3.05) is 5.43 Å². The van der Waals surface area contributed by atoms with Gasteiger partial charge in [0, 0.05) is 11.6 Å². The van der Waals surface area contributed by atoms with E-state index in [4.69, 9.17) is 10.6 Å². The minimum Gasteiger partial charge on any atom is -0.367 e. The number of aromatic nitrogens is 2. The highest BCUT2D eigenvalue weighted by atomic mass is 16.5. The van der Waals surface area contributed by atoms with Gasteiger partial charge in [0.15, 0.2) is 5.82 Å². The highest BCUT2D eigenvalue weighted by molar-refractivity contribution is 5.62. The minimum atomic E-state index is -0.0410. The summed E-state index contributed by atoms with van der Waals surface area (Å²) in [5, 5.41) is 0. The molecule has 2 heterocycles. The Bertz CT molecular complexity index is 588. The summed E-state index contributed by atoms with van der Waals surface area (Å²) >= 11 is 0. The number of nitrogens with zero attached hydrogens (tertiary/aromatic N) is 2. The smallest absolute Gasteiger partial charge is 0.160 e. The summed E-state index contributed by atoms with van der Waals surface area (Å²) in [5.74, 6) is 6.82. The standard InChI is InChI=1S/C15H18N4O/c1-10-7-8-13(20-10)15-17-12(9-14(18-15)19-16)11-5-3-2-4-6-11/h2-6,9-10,13H,7-8,16H2,1H3,(H,17,18,19). The first-order valence-corrected chi connectivity index (χ1v) is 6.83. The van der Waals surface area contributed by atoms with Crippen molar-refractivity contribution in [2.45, 2.75) is 32.0 Å². The van der Waals surface area contributed by atoms with Crippen LogP contribution >= 0.6 is 0 Å². The van der Waals surface area contributed by atoms with E-state index in [9.17, 15) is 0 Å². The van der Waals surface area contributed by atoms with Crippen LogP contribution in [0.1, 0.15) is 31.7 Å². The number of nitrogens with two attached hydrogens (primary N) is 1. The summed E-state index contributed by atoms with van der Waals surface area (Å²) in [7, 11) is 0. The van der Waals surface area contributed by atoms with Crippen molar-refractivity contribution in [2.24, 2.45) is 5.84 Å². The second-order valence-corrected chi connectivity index (χ2v) is 5.02. The van der Waals surface area contributed by atoms with Gasteiger partial charge in [-0.05, 0) is 19.8 Å². The van der Waals surface area contributed by atoms with Crippen LogP contribution in [0.15, 0.2) is 36.4 Å². The molecule has 1 aromatic carbocycles. The molecule has 0 saturated carbocycles. The third-order valence-corrected chi connectivity index (χ3v) is 3.48. The Morgan fingerprint density at radius 1 is 1.20 bits per heavy atom. The Morgan fingerprint density at radius 3 is 2.65 bits per heavy atom. The molecule has 2 atom stereocenters. The Balaban J connectivity index is 1.99. The molecule has 1 aliphatic heterocycles. The van der Waals surface area contributed by atoms with Crippen molar-refractivity contribution < 1.29 is 4.74 Å². The van der Waals surface area contributed by atoms with E-state index >= 15 is 0 Å². The second-order valence-electron chi connectivity index (χ2n) is 5.02. The van der Waals surface area contributed by atoms with Crippen molar-refractivity contribution in [3.8, 4) is 11.3 Å². The van der Waals surface area contributed by atoms with Crippen molar-refractivity contribution in [3.05, 3.63) is 42.2 Å². The summed E-state index contributed by atoms with van der Waals surface area (Å²) in [6.07, 6.45) is 2.21. The van der Waals surface area contributed by atoms with E-state index in [1.165, 1.54) is 0 Å². The second kappa shape index (κ2) is 5.56. The van der Waals surface area contributed by atoms with E-state index in [0.717, 1.165) is 24.1 Å². The third-order valence-electron chi connectivity index (χ3n) is 3.48. The SMILES string of the molecule is CC1CCC(c2nc(NN)cc(-c3ccccc3)n2)O1. The molecule has 3 rings (SSSR count). The van der Waals surface area contributed by atoms with Gasteiger partial charge >= 0.3 is 0 Å². The fraction of sp³-hybridized carbons (Fsp3) is 0.333. The summed E-state index contributed by atoms with van der Waals surface area (Å²) in [4.78, 5) is 9.06. The van der Waals surface area contributed by atoms with E-state index in [1.54, 1.807) is 0 Å². The lowest BCUT2D eigenvalue weighted by atomic mass is 10.1. The van der Waals surface area contributed by atoms with Crippen LogP contribution < -0.4 is 11.3 Å². The Kier molecular flexibility index (Phi) is 3.62. The van der Waals surface area contributed by atoms with Gasteiger partial charge in [-0.1, -0.05) is 30.3 Å². The lowest BCUT2D eigenvalue weighted by Gasteiger charge is -2.13. The number of hydrogen-bond donors (Lipinski definition) is 2. The summed E-state index contributed by atoms with van der Waals surface area (Å²) in [5.41, 5.74) is 4.50. The first kappa shape index (κ1) is 13.0. The van der Waals surface area contributed by atoms with Crippen LogP contribution in [-0.2, 0) is 4.74 Å². The molecule has 0 amide bonds. The maximum absolute atomic E-state index is 5.84. The van der Waals surface area contributed by atoms with Crippen LogP contribution in [-0.4, -0.2) is 16.1 Å². The number of anilines is 1. The maximum atomic E-state index is 5.84. The number of hydrazine groups is 1. The lowest BCUT2D eigenvalue weighted by Crippen LogP contribution is -2.13. The molecule has 20 heavy (non-hydrogen) atoms. The molecular weight excluding hydrogens is 252 g/mol. The maximum Gasteiger partial charge on any atom is 0.160 e. The normalized spacial score (nSPS) is 21.9. The van der Waals surface area contributed by atoms with Crippen LogP contribution in [0.4, 0.5) is 5.82 Å². The van der Waals surface area contributed by atoms with E-state index in [2.05, 4.69) is 22.3 Å². The van der Waals surface area contributed by atoms with Gasteiger partial charge in [-0.2, -0.15) is 0 Å². The van der Waals surface area contributed by atoms with Crippen LogP contribution in [0.5, 0.6) is 0 Å². The molecule has 0 spiro atoms. The Morgan fingerprint density at radius 2 is 2.00 bits per heavy atom. The van der Waals surface area contributed by atoms with Crippen molar-refractivity contribution in [1.82, 2.24) is 9.97 Å². The van der Waals surface area contributed by atoms with E-state index in [1.807, 2.05) is 36.4 Å². The van der Waals surface area contributed by atoms with E-state index < -0.39 is 0 Å². The molecule has 2 aromatic rings. The third kappa shape index (κ3) is 2.64. The molecule has 1 aliphatic rings. The van der Waals surface area contributed by atoms with Crippen LogP contribution in [0.2, 0.25) is 0 Å². The first-order chi connectivity index (χ1) is 9.76. The molecule has 0 radical (unpaired) electrons. The van der Waals surface area contributed by atoms with Gasteiger partial charge in [0.25, 0.3) is 0 Å². The van der Waals surface area contributed by atoms with E-state index in [0.29, 0.717) is 11.6 Å². The zero-order valence-electron chi connectivity index (χ0n) is 11.4. The van der Waals surface area contributed by atoms with E-state index in [-0.39, 0.29) is 12.2 Å². The quantitative estimate of drug-likeness (QED) is 0.662. The minimum absolute atomic E-state index is 0.0410. The number of nitrogen functional groups attached to an aromatic ring is 1. The highest BCUT2D eigenvalue weighted by Gasteiger charge is 2.26. The highest BCUT2D eigenvalue weighted by Crippen LogP contribution is 2.32. The Hall–Kier alpha value is -1.98. The van der Waals surface area contributed by atoms with Crippen LogP contribution in [0, 0.1) is 0 Å². The fourth-order valence-corrected chi connectivity index (χ4v) is 2.43. The molecule has 2 unspecified atom stereocenters. The average Bonchev–Trinajstić information content (AvgIpc) is 2.94. The molecule has 0 bridgehead atoms. The van der Waals surface area contributed by atoms with Gasteiger partial charge in [0.2, 0.25) is 0 Å². The van der Waals surface area contributed by atoms with Gasteiger partial charge in [0.05, 0.1) is 11.8 Å². The zero-order valence-corrected chi connectivity index (χ0v) is 11.4. The van der Waals surface area contributed by atoms with Crippen LogP contribution in [0.3, 0.4) is 0 Å². The molecule has 1 fully saturated rings. The largest absolute Gasteiger partial charge is 0.367 e. The van der Waals surface area contributed by atoms with Gasteiger partial charge in [-0.15, -0.1) is 0 Å². The predicted molar refractivity (Wildman–Crippen MR) is 77.8 cm³/mol. The average molecular weight is 270 g/mol. The molecule has 1 saturated heterocycles. The van der Waals surface area contributed by atoms with Gasteiger partial charge in [0.1, 0.15) is 11.9 Å². The number of nitrogens with one attached hydrogen (secondary N) is 1. The molecule has 1 aromatic heterocycles. The predicted octanol–water partition coefficient (Wildman–Crippen LogP) is 2.67. The molecule has 3 N–H and O–H groups in total. The van der Waals surface area contributed by atoms with Gasteiger partial charge in [-0.3, -0.25) is 0 Å². The number of benzene rings is 1. The number of rotatable bonds is 3. The number of ether oxygens (including phenoxy) is 1. The topological polar surface area (TPSA) is 73.1 Å². The molecule has 5 heteroatoms. The molecule has 104 valence electrons.